The largest absolute Gasteiger partial charge is 0.558 e. The van der Waals surface area contributed by atoms with E-state index in [0.29, 0.717) is 10.5 Å². The van der Waals surface area contributed by atoms with Crippen LogP contribution in [0.25, 0.3) is 0 Å². The standard InChI is InChI=1S/C15H16O3Si/c19-16-12-11-15(17-13-7-3-1-4-8-13)18-14-9-5-2-6-10-14/h1-12,15H,19H3. The third-order valence-corrected chi connectivity index (χ3v) is 2.63. The van der Waals surface area contributed by atoms with Crippen molar-refractivity contribution in [2.24, 2.45) is 0 Å². The summed E-state index contributed by atoms with van der Waals surface area (Å²) in [5, 5.41) is 0. The zero-order valence-electron chi connectivity index (χ0n) is 10.7. The normalized spacial score (nSPS) is 10.8. The van der Waals surface area contributed by atoms with E-state index in [1.54, 1.807) is 12.3 Å². The van der Waals surface area contributed by atoms with Gasteiger partial charge in [-0.15, -0.1) is 0 Å². The van der Waals surface area contributed by atoms with Crippen molar-refractivity contribution < 1.29 is 13.9 Å². The Morgan fingerprint density at radius 1 is 0.789 bits per heavy atom. The van der Waals surface area contributed by atoms with Crippen LogP contribution in [0.5, 0.6) is 11.5 Å². The number of ether oxygens (including phenoxy) is 2. The van der Waals surface area contributed by atoms with Crippen molar-refractivity contribution in [2.75, 3.05) is 0 Å². The Morgan fingerprint density at radius 2 is 1.26 bits per heavy atom. The Labute approximate surface area is 116 Å². The molecule has 0 N–H and O–H groups in total. The lowest BCUT2D eigenvalue weighted by molar-refractivity contribution is 0.0460. The van der Waals surface area contributed by atoms with Crippen molar-refractivity contribution in [2.45, 2.75) is 6.29 Å². The van der Waals surface area contributed by atoms with E-state index in [1.807, 2.05) is 60.7 Å². The monoisotopic (exact) mass is 272 g/mol. The van der Waals surface area contributed by atoms with Gasteiger partial charge < -0.3 is 13.9 Å². The molecule has 2 aromatic rings. The molecule has 4 heteroatoms. The zero-order chi connectivity index (χ0) is 13.3. The fraction of sp³-hybridized carbons (Fsp3) is 0.0667. The van der Waals surface area contributed by atoms with Gasteiger partial charge in [-0.3, -0.25) is 0 Å². The van der Waals surface area contributed by atoms with Crippen molar-refractivity contribution in [3.05, 3.63) is 73.0 Å². The van der Waals surface area contributed by atoms with Gasteiger partial charge in [-0.1, -0.05) is 36.4 Å². The first-order chi connectivity index (χ1) is 9.38. The first-order valence-corrected chi connectivity index (χ1v) is 6.83. The molecule has 2 aromatic carbocycles. The summed E-state index contributed by atoms with van der Waals surface area (Å²) in [5.41, 5.74) is 0. The molecule has 0 unspecified atom stereocenters. The van der Waals surface area contributed by atoms with Gasteiger partial charge in [-0.25, -0.2) is 0 Å². The Hall–Kier alpha value is -2.20. The van der Waals surface area contributed by atoms with Gasteiger partial charge in [0.25, 0.3) is 6.29 Å². The minimum atomic E-state index is -0.515. The van der Waals surface area contributed by atoms with Gasteiger partial charge in [0.2, 0.25) is 10.5 Å². The van der Waals surface area contributed by atoms with Crippen molar-refractivity contribution >= 4 is 10.5 Å². The van der Waals surface area contributed by atoms with E-state index in [9.17, 15) is 0 Å². The maximum atomic E-state index is 5.75. The molecule has 2 rings (SSSR count). The summed E-state index contributed by atoms with van der Waals surface area (Å²) in [6.45, 7) is 0. The lowest BCUT2D eigenvalue weighted by Gasteiger charge is -2.17. The van der Waals surface area contributed by atoms with E-state index < -0.39 is 6.29 Å². The average Bonchev–Trinajstić information content (AvgIpc) is 2.47. The van der Waals surface area contributed by atoms with Gasteiger partial charge in [-0.05, 0) is 24.3 Å². The molecule has 0 amide bonds. The van der Waals surface area contributed by atoms with Crippen LogP contribution in [-0.4, -0.2) is 16.8 Å². The fourth-order valence-corrected chi connectivity index (χ4v) is 1.67. The smallest absolute Gasteiger partial charge is 0.263 e. The van der Waals surface area contributed by atoms with Crippen LogP contribution in [-0.2, 0) is 4.43 Å². The van der Waals surface area contributed by atoms with Gasteiger partial charge in [0.05, 0.1) is 6.26 Å². The molecule has 0 saturated heterocycles. The highest BCUT2D eigenvalue weighted by Gasteiger charge is 2.08. The molecule has 0 aliphatic carbocycles. The Morgan fingerprint density at radius 3 is 1.68 bits per heavy atom. The van der Waals surface area contributed by atoms with Crippen molar-refractivity contribution in [1.82, 2.24) is 0 Å². The van der Waals surface area contributed by atoms with E-state index in [4.69, 9.17) is 13.9 Å². The second-order valence-electron chi connectivity index (χ2n) is 3.79. The predicted molar refractivity (Wildman–Crippen MR) is 78.1 cm³/mol. The Bertz CT molecular complexity index is 458. The van der Waals surface area contributed by atoms with Crippen LogP contribution in [0.4, 0.5) is 0 Å². The molecule has 98 valence electrons. The Kier molecular flexibility index (Phi) is 5.07. The van der Waals surface area contributed by atoms with Crippen LogP contribution < -0.4 is 9.47 Å². The molecule has 0 spiro atoms. The SMILES string of the molecule is [SiH3]OC=CC(Oc1ccccc1)Oc1ccccc1. The van der Waals surface area contributed by atoms with Gasteiger partial charge in [0.1, 0.15) is 11.5 Å². The summed E-state index contributed by atoms with van der Waals surface area (Å²) in [5.74, 6) is 1.50. The molecule has 0 aliphatic heterocycles. The molecule has 0 radical (unpaired) electrons. The molecule has 0 saturated carbocycles. The van der Waals surface area contributed by atoms with Gasteiger partial charge in [0, 0.05) is 6.08 Å². The van der Waals surface area contributed by atoms with Crippen LogP contribution in [0.3, 0.4) is 0 Å². The highest BCUT2D eigenvalue weighted by atomic mass is 28.2. The van der Waals surface area contributed by atoms with E-state index in [0.717, 1.165) is 11.5 Å². The van der Waals surface area contributed by atoms with E-state index in [2.05, 4.69) is 0 Å². The molecule has 0 fully saturated rings. The lowest BCUT2D eigenvalue weighted by Crippen LogP contribution is -2.21. The van der Waals surface area contributed by atoms with Crippen molar-refractivity contribution in [3.63, 3.8) is 0 Å². The third-order valence-electron chi connectivity index (χ3n) is 2.36. The van der Waals surface area contributed by atoms with Crippen LogP contribution in [0.15, 0.2) is 73.0 Å². The minimum absolute atomic E-state index is 0.515. The lowest BCUT2D eigenvalue weighted by atomic mass is 10.3. The van der Waals surface area contributed by atoms with Crippen LogP contribution >= 0.6 is 0 Å². The summed E-state index contributed by atoms with van der Waals surface area (Å²) >= 11 is 0. The van der Waals surface area contributed by atoms with E-state index in [-0.39, 0.29) is 0 Å². The number of hydrogen-bond donors (Lipinski definition) is 0. The first-order valence-electron chi connectivity index (χ1n) is 6.01. The summed E-state index contributed by atoms with van der Waals surface area (Å²) in [6, 6.07) is 19.1. The summed E-state index contributed by atoms with van der Waals surface area (Å²) in [4.78, 5) is 0. The van der Waals surface area contributed by atoms with Crippen molar-refractivity contribution in [1.29, 1.82) is 0 Å². The second-order valence-corrected chi connectivity index (χ2v) is 4.27. The summed E-state index contributed by atoms with van der Waals surface area (Å²) in [7, 11) is 0.642. The first kappa shape index (κ1) is 13.2. The fourth-order valence-electron chi connectivity index (χ4n) is 1.51. The summed E-state index contributed by atoms with van der Waals surface area (Å²) < 4.78 is 16.5. The third kappa shape index (κ3) is 4.52. The molecule has 0 aliphatic rings. The molecule has 0 atom stereocenters. The van der Waals surface area contributed by atoms with Gasteiger partial charge >= 0.3 is 0 Å². The maximum absolute atomic E-state index is 5.75. The molecule has 19 heavy (non-hydrogen) atoms. The molecule has 3 nitrogen and oxygen atoms in total. The van der Waals surface area contributed by atoms with E-state index >= 15 is 0 Å². The van der Waals surface area contributed by atoms with Crippen LogP contribution in [0.2, 0.25) is 0 Å². The van der Waals surface area contributed by atoms with Crippen molar-refractivity contribution in [3.8, 4) is 11.5 Å². The van der Waals surface area contributed by atoms with Gasteiger partial charge in [-0.2, -0.15) is 0 Å². The zero-order valence-corrected chi connectivity index (χ0v) is 12.7. The average molecular weight is 272 g/mol. The van der Waals surface area contributed by atoms with Gasteiger partial charge in [0.15, 0.2) is 0 Å². The number of benzene rings is 2. The van der Waals surface area contributed by atoms with Crippen LogP contribution in [0.1, 0.15) is 0 Å². The number of para-hydroxylation sites is 2. The Balaban J connectivity index is 2.06. The van der Waals surface area contributed by atoms with Crippen LogP contribution in [0, 0.1) is 0 Å². The highest BCUT2D eigenvalue weighted by molar-refractivity contribution is 5.98. The van der Waals surface area contributed by atoms with E-state index in [1.165, 1.54) is 0 Å². The number of hydrogen-bond acceptors (Lipinski definition) is 3. The second kappa shape index (κ2) is 7.28. The molecular formula is C15H16O3Si. The molecule has 0 heterocycles. The number of rotatable bonds is 6. The molecule has 0 bridgehead atoms. The quantitative estimate of drug-likeness (QED) is 0.459. The molecular weight excluding hydrogens is 256 g/mol. The summed E-state index contributed by atoms with van der Waals surface area (Å²) in [6.07, 6.45) is 2.83. The topological polar surface area (TPSA) is 27.7 Å². The molecule has 0 aromatic heterocycles. The predicted octanol–water partition coefficient (Wildman–Crippen LogP) is 2.28. The highest BCUT2D eigenvalue weighted by Crippen LogP contribution is 2.16. The maximum Gasteiger partial charge on any atom is 0.263 e. The minimum Gasteiger partial charge on any atom is -0.558 e.